The Morgan fingerprint density at radius 1 is 0.840 bits per heavy atom. The highest BCUT2D eigenvalue weighted by atomic mass is 16.7. The Morgan fingerprint density at radius 3 is 2.12 bits per heavy atom. The average molecular weight is 334 g/mol. The summed E-state index contributed by atoms with van der Waals surface area (Å²) in [5, 5.41) is 1.05. The monoisotopic (exact) mass is 334 g/mol. The number of aryl methyl sites for hydroxylation is 1. The van der Waals surface area contributed by atoms with Crippen LogP contribution in [0.25, 0.3) is 22.3 Å². The molecule has 1 saturated heterocycles. The summed E-state index contributed by atoms with van der Waals surface area (Å²) < 4.78 is 18.9. The van der Waals surface area contributed by atoms with Gasteiger partial charge in [0.2, 0.25) is 0 Å². The molecular weight excluding hydrogens is 311 g/mol. The minimum Gasteiger partial charge on any atom is -0.456 e. The van der Waals surface area contributed by atoms with E-state index in [0.717, 1.165) is 27.8 Å². The van der Waals surface area contributed by atoms with Crippen molar-refractivity contribution in [2.24, 2.45) is 0 Å². The lowest BCUT2D eigenvalue weighted by Crippen LogP contribution is -2.41. The Hall–Kier alpha value is -2.04. The van der Waals surface area contributed by atoms with Crippen molar-refractivity contribution >= 4 is 23.6 Å². The second-order valence-corrected chi connectivity index (χ2v) is 7.80. The van der Waals surface area contributed by atoms with Crippen molar-refractivity contribution in [3.05, 3.63) is 54.1 Å². The molecule has 1 aliphatic heterocycles. The van der Waals surface area contributed by atoms with Crippen LogP contribution in [0.1, 0.15) is 33.3 Å². The van der Waals surface area contributed by atoms with Gasteiger partial charge >= 0.3 is 7.12 Å². The van der Waals surface area contributed by atoms with Gasteiger partial charge in [-0.05, 0) is 46.8 Å². The standard InChI is InChI=1S/C21H23BO3/c1-14-11-12-17-16(13-14)18(19(23-17)15-9-7-6-8-10-15)22-24-20(2,3)21(4,5)25-22/h6-13H,1-5H3. The molecule has 0 saturated carbocycles. The predicted octanol–water partition coefficient (Wildman–Crippen LogP) is 4.71. The van der Waals surface area contributed by atoms with E-state index < -0.39 is 7.12 Å². The molecule has 2 heterocycles. The highest BCUT2D eigenvalue weighted by molar-refractivity contribution is 6.67. The van der Waals surface area contributed by atoms with Crippen LogP contribution in [0.15, 0.2) is 52.9 Å². The van der Waals surface area contributed by atoms with Gasteiger partial charge in [0.15, 0.2) is 0 Å². The third kappa shape index (κ3) is 2.61. The molecular formula is C21H23BO3. The first kappa shape index (κ1) is 16.4. The van der Waals surface area contributed by atoms with Crippen molar-refractivity contribution in [1.82, 2.24) is 0 Å². The molecule has 3 aromatic rings. The number of hydrogen-bond acceptors (Lipinski definition) is 3. The fourth-order valence-corrected chi connectivity index (χ4v) is 3.23. The molecule has 0 atom stereocenters. The fourth-order valence-electron chi connectivity index (χ4n) is 3.23. The summed E-state index contributed by atoms with van der Waals surface area (Å²) >= 11 is 0. The summed E-state index contributed by atoms with van der Waals surface area (Å²) in [6, 6.07) is 16.4. The van der Waals surface area contributed by atoms with E-state index in [4.69, 9.17) is 13.7 Å². The molecule has 1 aliphatic rings. The van der Waals surface area contributed by atoms with E-state index in [-0.39, 0.29) is 11.2 Å². The summed E-state index contributed by atoms with van der Waals surface area (Å²) in [6.07, 6.45) is 0. The van der Waals surface area contributed by atoms with E-state index in [0.29, 0.717) is 0 Å². The zero-order chi connectivity index (χ0) is 17.8. The van der Waals surface area contributed by atoms with Gasteiger partial charge in [-0.2, -0.15) is 0 Å². The van der Waals surface area contributed by atoms with Gasteiger partial charge in [0.25, 0.3) is 0 Å². The maximum atomic E-state index is 6.34. The van der Waals surface area contributed by atoms with Crippen molar-refractivity contribution in [2.75, 3.05) is 0 Å². The number of rotatable bonds is 2. The maximum absolute atomic E-state index is 6.34. The maximum Gasteiger partial charge on any atom is 0.499 e. The zero-order valence-corrected chi connectivity index (χ0v) is 15.4. The van der Waals surface area contributed by atoms with Gasteiger partial charge in [-0.25, -0.2) is 0 Å². The Bertz CT molecular complexity index is 909. The van der Waals surface area contributed by atoms with Gasteiger partial charge in [0, 0.05) is 16.4 Å². The van der Waals surface area contributed by atoms with E-state index in [2.05, 4.69) is 58.9 Å². The Morgan fingerprint density at radius 2 is 1.48 bits per heavy atom. The minimum atomic E-state index is -0.455. The van der Waals surface area contributed by atoms with E-state index in [9.17, 15) is 0 Å². The molecule has 2 aromatic carbocycles. The van der Waals surface area contributed by atoms with E-state index in [1.54, 1.807) is 0 Å². The molecule has 4 rings (SSSR count). The van der Waals surface area contributed by atoms with E-state index in [1.807, 2.05) is 24.3 Å². The van der Waals surface area contributed by atoms with Crippen molar-refractivity contribution in [1.29, 1.82) is 0 Å². The van der Waals surface area contributed by atoms with Gasteiger partial charge in [0.1, 0.15) is 11.3 Å². The van der Waals surface area contributed by atoms with Crippen LogP contribution in [0.5, 0.6) is 0 Å². The van der Waals surface area contributed by atoms with Gasteiger partial charge in [-0.3, -0.25) is 0 Å². The third-order valence-corrected chi connectivity index (χ3v) is 5.41. The molecule has 1 fully saturated rings. The molecule has 128 valence electrons. The van der Waals surface area contributed by atoms with Crippen LogP contribution in [-0.2, 0) is 9.31 Å². The van der Waals surface area contributed by atoms with Crippen molar-refractivity contribution in [3.63, 3.8) is 0 Å². The van der Waals surface area contributed by atoms with Crippen LogP contribution >= 0.6 is 0 Å². The quantitative estimate of drug-likeness (QED) is 0.636. The molecule has 1 aromatic heterocycles. The minimum absolute atomic E-state index is 0.390. The van der Waals surface area contributed by atoms with Crippen LogP contribution < -0.4 is 5.46 Å². The predicted molar refractivity (Wildman–Crippen MR) is 102 cm³/mol. The Labute approximate surface area is 149 Å². The number of furan rings is 1. The summed E-state index contributed by atoms with van der Waals surface area (Å²) in [7, 11) is -0.455. The van der Waals surface area contributed by atoms with Gasteiger partial charge < -0.3 is 13.7 Å². The van der Waals surface area contributed by atoms with E-state index in [1.165, 1.54) is 5.56 Å². The number of benzene rings is 2. The molecule has 0 N–H and O–H groups in total. The molecule has 3 nitrogen and oxygen atoms in total. The first-order valence-corrected chi connectivity index (χ1v) is 8.73. The summed E-state index contributed by atoms with van der Waals surface area (Å²) in [6.45, 7) is 10.4. The summed E-state index contributed by atoms with van der Waals surface area (Å²) in [5.41, 5.74) is 3.27. The molecule has 0 spiro atoms. The molecule has 0 bridgehead atoms. The summed E-state index contributed by atoms with van der Waals surface area (Å²) in [5.74, 6) is 0.819. The van der Waals surface area contributed by atoms with Crippen LogP contribution in [0, 0.1) is 6.92 Å². The van der Waals surface area contributed by atoms with Crippen molar-refractivity contribution in [2.45, 2.75) is 45.8 Å². The smallest absolute Gasteiger partial charge is 0.456 e. The highest BCUT2D eigenvalue weighted by Crippen LogP contribution is 2.39. The van der Waals surface area contributed by atoms with Gasteiger partial charge in [-0.15, -0.1) is 0 Å². The molecule has 0 aliphatic carbocycles. The van der Waals surface area contributed by atoms with E-state index >= 15 is 0 Å². The van der Waals surface area contributed by atoms with Crippen LogP contribution in [0.2, 0.25) is 0 Å². The first-order valence-electron chi connectivity index (χ1n) is 8.73. The number of hydrogen-bond donors (Lipinski definition) is 0. The number of fused-ring (bicyclic) bond motifs is 1. The van der Waals surface area contributed by atoms with Gasteiger partial charge in [0.05, 0.1) is 11.2 Å². The average Bonchev–Trinajstić information content (AvgIpc) is 3.02. The second-order valence-electron chi connectivity index (χ2n) is 7.80. The highest BCUT2D eigenvalue weighted by Gasteiger charge is 2.53. The fraction of sp³-hybridized carbons (Fsp3) is 0.333. The lowest BCUT2D eigenvalue weighted by Gasteiger charge is -2.32. The molecule has 0 amide bonds. The lowest BCUT2D eigenvalue weighted by molar-refractivity contribution is 0.00578. The van der Waals surface area contributed by atoms with Crippen molar-refractivity contribution < 1.29 is 13.7 Å². The summed E-state index contributed by atoms with van der Waals surface area (Å²) in [4.78, 5) is 0. The first-order chi connectivity index (χ1) is 11.8. The van der Waals surface area contributed by atoms with Crippen molar-refractivity contribution in [3.8, 4) is 11.3 Å². The molecule has 25 heavy (non-hydrogen) atoms. The third-order valence-electron chi connectivity index (χ3n) is 5.41. The topological polar surface area (TPSA) is 31.6 Å². The second kappa shape index (κ2) is 5.48. The molecule has 0 unspecified atom stereocenters. The zero-order valence-electron chi connectivity index (χ0n) is 15.4. The molecule has 4 heteroatoms. The lowest BCUT2D eigenvalue weighted by atomic mass is 9.75. The van der Waals surface area contributed by atoms with Crippen LogP contribution in [-0.4, -0.2) is 18.3 Å². The van der Waals surface area contributed by atoms with Crippen LogP contribution in [0.3, 0.4) is 0 Å². The Balaban J connectivity index is 1.94. The SMILES string of the molecule is Cc1ccc2oc(-c3ccccc3)c(B3OC(C)(C)C(C)(C)O3)c2c1. The van der Waals surface area contributed by atoms with Crippen LogP contribution in [0.4, 0.5) is 0 Å². The normalized spacial score (nSPS) is 18.8. The van der Waals surface area contributed by atoms with Gasteiger partial charge in [-0.1, -0.05) is 42.0 Å². The molecule has 0 radical (unpaired) electrons. The largest absolute Gasteiger partial charge is 0.499 e. The Kier molecular flexibility index (Phi) is 3.60.